The highest BCUT2D eigenvalue weighted by atomic mass is 15.1. The van der Waals surface area contributed by atoms with Crippen molar-refractivity contribution in [2.45, 2.75) is 38.6 Å². The standard InChI is InChI=1S/C14H22N2/c1-11(15)5-6-12-7-8-14-13(10-12)4-3-9-16(14)2/h7-8,10-11H,3-6,9,15H2,1-2H3. The van der Waals surface area contributed by atoms with Gasteiger partial charge in [-0.05, 0) is 49.8 Å². The number of nitrogens with two attached hydrogens (primary N) is 1. The lowest BCUT2D eigenvalue weighted by atomic mass is 9.97. The lowest BCUT2D eigenvalue weighted by molar-refractivity contribution is 0.664. The van der Waals surface area contributed by atoms with E-state index in [1.165, 1.54) is 36.2 Å². The minimum Gasteiger partial charge on any atom is -0.374 e. The minimum absolute atomic E-state index is 0.304. The average molecular weight is 218 g/mol. The predicted octanol–water partition coefficient (Wildman–Crippen LogP) is 2.35. The van der Waals surface area contributed by atoms with Gasteiger partial charge in [0.1, 0.15) is 0 Å². The van der Waals surface area contributed by atoms with Gasteiger partial charge < -0.3 is 10.6 Å². The van der Waals surface area contributed by atoms with Crippen LogP contribution < -0.4 is 10.6 Å². The normalized spacial score (nSPS) is 17.1. The Hall–Kier alpha value is -1.02. The summed E-state index contributed by atoms with van der Waals surface area (Å²) in [5.74, 6) is 0. The van der Waals surface area contributed by atoms with Gasteiger partial charge in [-0.1, -0.05) is 12.1 Å². The van der Waals surface area contributed by atoms with E-state index in [1.807, 2.05) is 0 Å². The van der Waals surface area contributed by atoms with Crippen molar-refractivity contribution in [3.63, 3.8) is 0 Å². The van der Waals surface area contributed by atoms with Crippen molar-refractivity contribution in [3.05, 3.63) is 29.3 Å². The van der Waals surface area contributed by atoms with Crippen molar-refractivity contribution < 1.29 is 0 Å². The van der Waals surface area contributed by atoms with Crippen molar-refractivity contribution in [2.24, 2.45) is 5.73 Å². The highest BCUT2D eigenvalue weighted by Crippen LogP contribution is 2.27. The molecule has 1 heterocycles. The summed E-state index contributed by atoms with van der Waals surface area (Å²) >= 11 is 0. The molecule has 1 aromatic rings. The smallest absolute Gasteiger partial charge is 0.0396 e. The van der Waals surface area contributed by atoms with Crippen LogP contribution in [0.3, 0.4) is 0 Å². The van der Waals surface area contributed by atoms with Gasteiger partial charge in [0.05, 0.1) is 0 Å². The van der Waals surface area contributed by atoms with E-state index in [4.69, 9.17) is 5.73 Å². The summed E-state index contributed by atoms with van der Waals surface area (Å²) in [5, 5.41) is 0. The zero-order valence-corrected chi connectivity index (χ0v) is 10.4. The molecule has 16 heavy (non-hydrogen) atoms. The molecule has 1 aromatic carbocycles. The third-order valence-electron chi connectivity index (χ3n) is 3.38. The molecule has 0 fully saturated rings. The monoisotopic (exact) mass is 218 g/mol. The molecule has 0 saturated carbocycles. The summed E-state index contributed by atoms with van der Waals surface area (Å²) in [6, 6.07) is 7.19. The second-order valence-corrected chi connectivity index (χ2v) is 5.00. The van der Waals surface area contributed by atoms with Gasteiger partial charge in [-0.2, -0.15) is 0 Å². The Bertz CT molecular complexity index is 358. The third-order valence-corrected chi connectivity index (χ3v) is 3.38. The Labute approximate surface area is 98.4 Å². The quantitative estimate of drug-likeness (QED) is 0.844. The number of rotatable bonds is 3. The maximum Gasteiger partial charge on any atom is 0.0396 e. The van der Waals surface area contributed by atoms with Crippen LogP contribution in [0, 0.1) is 0 Å². The van der Waals surface area contributed by atoms with Crippen molar-refractivity contribution in [3.8, 4) is 0 Å². The summed E-state index contributed by atoms with van der Waals surface area (Å²) in [6.45, 7) is 3.26. The van der Waals surface area contributed by atoms with E-state index < -0.39 is 0 Å². The van der Waals surface area contributed by atoms with E-state index in [9.17, 15) is 0 Å². The number of fused-ring (bicyclic) bond motifs is 1. The number of aryl methyl sites for hydroxylation is 2. The zero-order valence-electron chi connectivity index (χ0n) is 10.4. The molecular formula is C14H22N2. The molecule has 2 rings (SSSR count). The number of hydrogen-bond acceptors (Lipinski definition) is 2. The SMILES string of the molecule is CC(N)CCc1ccc2c(c1)CCCN2C. The van der Waals surface area contributed by atoms with E-state index in [-0.39, 0.29) is 0 Å². The summed E-state index contributed by atoms with van der Waals surface area (Å²) < 4.78 is 0. The molecule has 88 valence electrons. The molecule has 1 unspecified atom stereocenters. The highest BCUT2D eigenvalue weighted by Gasteiger charge is 2.13. The Morgan fingerprint density at radius 3 is 3.00 bits per heavy atom. The zero-order chi connectivity index (χ0) is 11.5. The first kappa shape index (κ1) is 11.5. The van der Waals surface area contributed by atoms with Crippen LogP contribution in [0.4, 0.5) is 5.69 Å². The molecule has 0 aliphatic carbocycles. The first-order chi connectivity index (χ1) is 7.66. The van der Waals surface area contributed by atoms with E-state index >= 15 is 0 Å². The third kappa shape index (κ3) is 2.56. The fourth-order valence-corrected chi connectivity index (χ4v) is 2.39. The molecule has 0 saturated heterocycles. The van der Waals surface area contributed by atoms with E-state index in [0.717, 1.165) is 12.8 Å². The van der Waals surface area contributed by atoms with Gasteiger partial charge in [0.15, 0.2) is 0 Å². The molecule has 2 N–H and O–H groups in total. The molecule has 2 heteroatoms. The number of hydrogen-bond donors (Lipinski definition) is 1. The lowest BCUT2D eigenvalue weighted by Gasteiger charge is -2.27. The van der Waals surface area contributed by atoms with Crippen molar-refractivity contribution in [1.82, 2.24) is 0 Å². The molecule has 0 bridgehead atoms. The van der Waals surface area contributed by atoms with Crippen LogP contribution in [0.5, 0.6) is 0 Å². The van der Waals surface area contributed by atoms with Crippen LogP contribution in [0.15, 0.2) is 18.2 Å². The summed E-state index contributed by atoms with van der Waals surface area (Å²) in [7, 11) is 2.18. The minimum atomic E-state index is 0.304. The lowest BCUT2D eigenvalue weighted by Crippen LogP contribution is -2.24. The summed E-state index contributed by atoms with van der Waals surface area (Å²) in [4.78, 5) is 2.36. The van der Waals surface area contributed by atoms with Gasteiger partial charge >= 0.3 is 0 Å². The van der Waals surface area contributed by atoms with Gasteiger partial charge in [0.2, 0.25) is 0 Å². The maximum absolute atomic E-state index is 5.79. The Balaban J connectivity index is 2.12. The van der Waals surface area contributed by atoms with E-state index in [1.54, 1.807) is 0 Å². The second kappa shape index (κ2) is 4.88. The first-order valence-corrected chi connectivity index (χ1v) is 6.25. The largest absolute Gasteiger partial charge is 0.374 e. The van der Waals surface area contributed by atoms with Crippen LogP contribution in [0.1, 0.15) is 30.9 Å². The van der Waals surface area contributed by atoms with Gasteiger partial charge in [0.25, 0.3) is 0 Å². The molecule has 1 atom stereocenters. The van der Waals surface area contributed by atoms with Gasteiger partial charge in [-0.15, -0.1) is 0 Å². The van der Waals surface area contributed by atoms with Gasteiger partial charge in [0, 0.05) is 25.3 Å². The number of anilines is 1. The molecule has 1 aliphatic heterocycles. The average Bonchev–Trinajstić information content (AvgIpc) is 2.26. The Morgan fingerprint density at radius 2 is 2.25 bits per heavy atom. The van der Waals surface area contributed by atoms with Crippen molar-refractivity contribution >= 4 is 5.69 Å². The molecule has 0 spiro atoms. The summed E-state index contributed by atoms with van der Waals surface area (Å²) in [6.07, 6.45) is 4.69. The highest BCUT2D eigenvalue weighted by molar-refractivity contribution is 5.56. The number of benzene rings is 1. The molecule has 1 aliphatic rings. The number of nitrogens with zero attached hydrogens (tertiary/aromatic N) is 1. The van der Waals surface area contributed by atoms with Crippen LogP contribution in [-0.2, 0) is 12.8 Å². The van der Waals surface area contributed by atoms with Gasteiger partial charge in [-0.3, -0.25) is 0 Å². The van der Waals surface area contributed by atoms with Gasteiger partial charge in [-0.25, -0.2) is 0 Å². The fraction of sp³-hybridized carbons (Fsp3) is 0.571. The van der Waals surface area contributed by atoms with Crippen LogP contribution in [0.25, 0.3) is 0 Å². The van der Waals surface area contributed by atoms with Crippen molar-refractivity contribution in [2.75, 3.05) is 18.5 Å². The molecule has 0 amide bonds. The Kier molecular flexibility index (Phi) is 3.49. The van der Waals surface area contributed by atoms with Crippen molar-refractivity contribution in [1.29, 1.82) is 0 Å². The molecule has 0 aromatic heterocycles. The first-order valence-electron chi connectivity index (χ1n) is 6.25. The maximum atomic E-state index is 5.79. The van der Waals surface area contributed by atoms with E-state index in [0.29, 0.717) is 6.04 Å². The van der Waals surface area contributed by atoms with Crippen LogP contribution in [0.2, 0.25) is 0 Å². The topological polar surface area (TPSA) is 29.3 Å². The molecule has 2 nitrogen and oxygen atoms in total. The van der Waals surface area contributed by atoms with Crippen LogP contribution in [-0.4, -0.2) is 19.6 Å². The summed E-state index contributed by atoms with van der Waals surface area (Å²) in [5.41, 5.74) is 10.2. The predicted molar refractivity (Wildman–Crippen MR) is 70.0 cm³/mol. The second-order valence-electron chi connectivity index (χ2n) is 5.00. The Morgan fingerprint density at radius 1 is 1.44 bits per heavy atom. The molecular weight excluding hydrogens is 196 g/mol. The van der Waals surface area contributed by atoms with Crippen LogP contribution >= 0.6 is 0 Å². The van der Waals surface area contributed by atoms with E-state index in [2.05, 4.69) is 37.1 Å². The fourth-order valence-electron chi connectivity index (χ4n) is 2.39. The molecule has 0 radical (unpaired) electrons.